The number of fused-ring (bicyclic) bond motifs is 3. The molecule has 1 aliphatic rings. The monoisotopic (exact) mass is 372 g/mol. The van der Waals surface area contributed by atoms with Crippen LogP contribution in [-0.4, -0.2) is 6.61 Å². The molecule has 0 saturated carbocycles. The van der Waals surface area contributed by atoms with E-state index in [4.69, 9.17) is 0 Å². The van der Waals surface area contributed by atoms with Crippen molar-refractivity contribution in [1.29, 1.82) is 0 Å². The quantitative estimate of drug-likeness (QED) is 0.378. The Balaban J connectivity index is 1.76. The highest BCUT2D eigenvalue weighted by Gasteiger charge is 2.27. The van der Waals surface area contributed by atoms with Gasteiger partial charge in [0.05, 0.1) is 5.56 Å². The zero-order valence-corrected chi connectivity index (χ0v) is 14.5. The van der Waals surface area contributed by atoms with Crippen molar-refractivity contribution in [1.82, 2.24) is 0 Å². The van der Waals surface area contributed by atoms with Crippen molar-refractivity contribution in [2.75, 3.05) is 0 Å². The molecular formula is C22H16F4O. The van der Waals surface area contributed by atoms with Gasteiger partial charge in [-0.3, -0.25) is 0 Å². The Bertz CT molecular complexity index is 1010. The third-order valence-corrected chi connectivity index (χ3v) is 4.92. The van der Waals surface area contributed by atoms with Crippen LogP contribution >= 0.6 is 0 Å². The molecular weight excluding hydrogens is 356 g/mol. The number of rotatable bonds is 4. The highest BCUT2D eigenvalue weighted by atomic mass is 19.3. The second kappa shape index (κ2) is 6.72. The maximum Gasteiger partial charge on any atom is 0.387 e. The summed E-state index contributed by atoms with van der Waals surface area (Å²) in [5.74, 6) is -1.35. The van der Waals surface area contributed by atoms with Gasteiger partial charge in [0.15, 0.2) is 0 Å². The molecule has 0 radical (unpaired) electrons. The summed E-state index contributed by atoms with van der Waals surface area (Å²) in [5, 5.41) is 0. The smallest absolute Gasteiger partial charge is 0.387 e. The fourth-order valence-electron chi connectivity index (χ4n) is 3.61. The van der Waals surface area contributed by atoms with Gasteiger partial charge in [-0.15, -0.1) is 0 Å². The van der Waals surface area contributed by atoms with E-state index in [9.17, 15) is 13.2 Å². The molecule has 0 aliphatic heterocycles. The number of ether oxygens (including phenoxy) is 1. The number of halogens is 4. The first-order valence-corrected chi connectivity index (χ1v) is 8.66. The van der Waals surface area contributed by atoms with Crippen LogP contribution in [0, 0.1) is 11.6 Å². The van der Waals surface area contributed by atoms with Crippen LogP contribution in [0.3, 0.4) is 0 Å². The van der Waals surface area contributed by atoms with E-state index in [1.54, 1.807) is 0 Å². The molecule has 0 aromatic heterocycles. The van der Waals surface area contributed by atoms with Crippen LogP contribution in [0.15, 0.2) is 48.5 Å². The van der Waals surface area contributed by atoms with Gasteiger partial charge in [0.1, 0.15) is 17.4 Å². The molecule has 1 nitrogen and oxygen atoms in total. The summed E-state index contributed by atoms with van der Waals surface area (Å²) in [7, 11) is 0. The summed E-state index contributed by atoms with van der Waals surface area (Å²) >= 11 is 0. The lowest BCUT2D eigenvalue weighted by Crippen LogP contribution is -2.02. The Kier molecular flexibility index (Phi) is 4.38. The van der Waals surface area contributed by atoms with Crippen LogP contribution in [0.1, 0.15) is 23.6 Å². The van der Waals surface area contributed by atoms with Crippen molar-refractivity contribution >= 4 is 0 Å². The van der Waals surface area contributed by atoms with Crippen molar-refractivity contribution in [2.24, 2.45) is 0 Å². The molecule has 138 valence electrons. The number of alkyl halides is 2. The molecule has 0 heterocycles. The standard InChI is InChI=1S/C22H16F4O/c1-2-12-3-8-16-14(9-12)10-18-17(16)11-19(23)20(21(18)24)13-4-6-15(7-5-13)27-22(25)26/h3-9,11,22H,2,10H2,1H3. The van der Waals surface area contributed by atoms with Gasteiger partial charge < -0.3 is 4.74 Å². The van der Waals surface area contributed by atoms with Gasteiger partial charge in [-0.1, -0.05) is 37.3 Å². The lowest BCUT2D eigenvalue weighted by atomic mass is 9.97. The first-order chi connectivity index (χ1) is 13.0. The first kappa shape index (κ1) is 17.6. The summed E-state index contributed by atoms with van der Waals surface area (Å²) in [6, 6.07) is 12.6. The van der Waals surface area contributed by atoms with Gasteiger partial charge >= 0.3 is 6.61 Å². The maximum atomic E-state index is 15.2. The van der Waals surface area contributed by atoms with Gasteiger partial charge in [0.25, 0.3) is 0 Å². The van der Waals surface area contributed by atoms with Crippen LogP contribution in [0.4, 0.5) is 17.6 Å². The largest absolute Gasteiger partial charge is 0.435 e. The molecule has 1 aliphatic carbocycles. The zero-order chi connectivity index (χ0) is 19.1. The van der Waals surface area contributed by atoms with Crippen molar-refractivity contribution in [2.45, 2.75) is 26.4 Å². The summed E-state index contributed by atoms with van der Waals surface area (Å²) in [6.45, 7) is -0.903. The molecule has 0 spiro atoms. The molecule has 0 amide bonds. The van der Waals surface area contributed by atoms with Gasteiger partial charge in [-0.05, 0) is 52.4 Å². The van der Waals surface area contributed by atoms with E-state index in [2.05, 4.69) is 4.74 Å². The zero-order valence-electron chi connectivity index (χ0n) is 14.5. The van der Waals surface area contributed by atoms with Gasteiger partial charge in [-0.25, -0.2) is 8.78 Å². The van der Waals surface area contributed by atoms with E-state index < -0.39 is 18.2 Å². The Morgan fingerprint density at radius 2 is 1.70 bits per heavy atom. The molecule has 0 fully saturated rings. The summed E-state index contributed by atoms with van der Waals surface area (Å²) < 4.78 is 58.7. The second-order valence-electron chi connectivity index (χ2n) is 6.50. The molecule has 3 aromatic rings. The van der Waals surface area contributed by atoms with Gasteiger partial charge in [0.2, 0.25) is 0 Å². The third kappa shape index (κ3) is 3.07. The molecule has 0 atom stereocenters. The second-order valence-corrected chi connectivity index (χ2v) is 6.50. The Morgan fingerprint density at radius 1 is 0.963 bits per heavy atom. The first-order valence-electron chi connectivity index (χ1n) is 8.66. The summed E-state index contributed by atoms with van der Waals surface area (Å²) in [6.07, 6.45) is 1.28. The minimum Gasteiger partial charge on any atom is -0.435 e. The van der Waals surface area contributed by atoms with Crippen molar-refractivity contribution < 1.29 is 22.3 Å². The molecule has 0 N–H and O–H groups in total. The van der Waals surface area contributed by atoms with Crippen LogP contribution in [0.25, 0.3) is 22.3 Å². The Hall–Kier alpha value is -2.82. The molecule has 5 heteroatoms. The van der Waals surface area contributed by atoms with E-state index in [-0.39, 0.29) is 16.9 Å². The maximum absolute atomic E-state index is 15.2. The predicted octanol–water partition coefficient (Wildman–Crippen LogP) is 6.37. The summed E-state index contributed by atoms with van der Waals surface area (Å²) in [5.41, 5.74) is 4.15. The van der Waals surface area contributed by atoms with E-state index in [1.807, 2.05) is 25.1 Å². The molecule has 27 heavy (non-hydrogen) atoms. The Labute approximate surface area is 154 Å². The van der Waals surface area contributed by atoms with Gasteiger partial charge in [-0.2, -0.15) is 8.78 Å². The van der Waals surface area contributed by atoms with Crippen molar-refractivity contribution in [3.8, 4) is 28.0 Å². The van der Waals surface area contributed by atoms with Crippen LogP contribution in [-0.2, 0) is 12.8 Å². The lowest BCUT2D eigenvalue weighted by molar-refractivity contribution is -0.0498. The minimum absolute atomic E-state index is 0.0600. The summed E-state index contributed by atoms with van der Waals surface area (Å²) in [4.78, 5) is 0. The van der Waals surface area contributed by atoms with Crippen molar-refractivity contribution in [3.63, 3.8) is 0 Å². The third-order valence-electron chi connectivity index (χ3n) is 4.92. The molecule has 0 saturated heterocycles. The van der Waals surface area contributed by atoms with Crippen molar-refractivity contribution in [3.05, 3.63) is 76.9 Å². The normalized spacial score (nSPS) is 12.2. The number of hydrogen-bond donors (Lipinski definition) is 0. The van der Waals surface area contributed by atoms with E-state index >= 15 is 4.39 Å². The SMILES string of the molecule is CCc1ccc2c(c1)Cc1c-2cc(F)c(-c2ccc(OC(F)F)cc2)c1F. The predicted molar refractivity (Wildman–Crippen MR) is 96.0 cm³/mol. The van der Waals surface area contributed by atoms with E-state index in [1.165, 1.54) is 30.3 Å². The Morgan fingerprint density at radius 3 is 2.37 bits per heavy atom. The highest BCUT2D eigenvalue weighted by Crippen LogP contribution is 2.42. The van der Waals surface area contributed by atoms with Crippen LogP contribution < -0.4 is 4.74 Å². The van der Waals surface area contributed by atoms with Crippen LogP contribution in [0.2, 0.25) is 0 Å². The molecule has 3 aromatic carbocycles. The van der Waals surface area contributed by atoms with Crippen LogP contribution in [0.5, 0.6) is 5.75 Å². The fourth-order valence-corrected chi connectivity index (χ4v) is 3.61. The average Bonchev–Trinajstić information content (AvgIpc) is 3.00. The van der Waals surface area contributed by atoms with E-state index in [0.29, 0.717) is 17.5 Å². The molecule has 4 rings (SSSR count). The van der Waals surface area contributed by atoms with Gasteiger partial charge in [0, 0.05) is 12.0 Å². The fraction of sp³-hybridized carbons (Fsp3) is 0.182. The minimum atomic E-state index is -2.95. The number of benzene rings is 3. The topological polar surface area (TPSA) is 9.23 Å². The number of hydrogen-bond acceptors (Lipinski definition) is 1. The highest BCUT2D eigenvalue weighted by molar-refractivity contribution is 5.81. The molecule has 0 unspecified atom stereocenters. The number of aryl methyl sites for hydroxylation is 1. The average molecular weight is 372 g/mol. The lowest BCUT2D eigenvalue weighted by Gasteiger charge is -2.11. The van der Waals surface area contributed by atoms with E-state index in [0.717, 1.165) is 23.1 Å². The molecule has 0 bridgehead atoms.